The van der Waals surface area contributed by atoms with Crippen LogP contribution in [0.3, 0.4) is 0 Å². The predicted molar refractivity (Wildman–Crippen MR) is 71.2 cm³/mol. The molecule has 0 fully saturated rings. The van der Waals surface area contributed by atoms with Crippen LogP contribution in [0.25, 0.3) is 11.4 Å². The first-order valence-electron chi connectivity index (χ1n) is 6.36. The number of alkyl halides is 3. The number of nitrogens with zero attached hydrogens (tertiary/aromatic N) is 2. The molecule has 3 nitrogen and oxygen atoms in total. The molecule has 0 aliphatic carbocycles. The Morgan fingerprint density at radius 2 is 1.90 bits per heavy atom. The van der Waals surface area contributed by atoms with Gasteiger partial charge in [0.05, 0.1) is 5.56 Å². The van der Waals surface area contributed by atoms with Gasteiger partial charge in [0.1, 0.15) is 5.82 Å². The van der Waals surface area contributed by atoms with Crippen molar-refractivity contribution in [2.24, 2.45) is 0 Å². The van der Waals surface area contributed by atoms with E-state index in [2.05, 4.69) is 10.3 Å². The van der Waals surface area contributed by atoms with Crippen molar-refractivity contribution in [2.75, 3.05) is 13.6 Å². The summed E-state index contributed by atoms with van der Waals surface area (Å²) in [5, 5.41) is 3.05. The molecule has 0 radical (unpaired) electrons. The van der Waals surface area contributed by atoms with Gasteiger partial charge in [0.15, 0.2) is 0 Å². The Morgan fingerprint density at radius 1 is 1.20 bits per heavy atom. The Hall–Kier alpha value is -1.82. The van der Waals surface area contributed by atoms with Crippen LogP contribution in [0.1, 0.15) is 12.0 Å². The number of benzene rings is 1. The van der Waals surface area contributed by atoms with Crippen molar-refractivity contribution in [3.05, 3.63) is 42.2 Å². The zero-order valence-electron chi connectivity index (χ0n) is 11.1. The lowest BCUT2D eigenvalue weighted by molar-refractivity contribution is -0.137. The fraction of sp³-hybridized carbons (Fsp3) is 0.357. The second-order valence-corrected chi connectivity index (χ2v) is 4.48. The number of hydrogen-bond donors (Lipinski definition) is 1. The normalized spacial score (nSPS) is 11.8. The quantitative estimate of drug-likeness (QED) is 0.854. The van der Waals surface area contributed by atoms with Crippen molar-refractivity contribution in [1.82, 2.24) is 14.9 Å². The first-order valence-corrected chi connectivity index (χ1v) is 6.36. The first kappa shape index (κ1) is 14.6. The number of imidazole rings is 1. The highest BCUT2D eigenvalue weighted by Crippen LogP contribution is 2.30. The van der Waals surface area contributed by atoms with Crippen molar-refractivity contribution in [2.45, 2.75) is 19.1 Å². The van der Waals surface area contributed by atoms with E-state index in [0.29, 0.717) is 11.4 Å². The zero-order valence-corrected chi connectivity index (χ0v) is 11.1. The van der Waals surface area contributed by atoms with Gasteiger partial charge in [-0.2, -0.15) is 13.2 Å². The number of aryl methyl sites for hydroxylation is 1. The molecule has 0 saturated heterocycles. The summed E-state index contributed by atoms with van der Waals surface area (Å²) in [5.74, 6) is 0.690. The average molecular weight is 283 g/mol. The van der Waals surface area contributed by atoms with E-state index < -0.39 is 11.7 Å². The summed E-state index contributed by atoms with van der Waals surface area (Å²) in [6, 6.07) is 5.09. The molecular weight excluding hydrogens is 267 g/mol. The summed E-state index contributed by atoms with van der Waals surface area (Å²) >= 11 is 0. The second-order valence-electron chi connectivity index (χ2n) is 4.48. The fourth-order valence-electron chi connectivity index (χ4n) is 1.98. The molecule has 0 aliphatic heterocycles. The maximum absolute atomic E-state index is 12.5. The van der Waals surface area contributed by atoms with Crippen LogP contribution >= 0.6 is 0 Å². The molecule has 0 unspecified atom stereocenters. The van der Waals surface area contributed by atoms with Gasteiger partial charge in [0.2, 0.25) is 0 Å². The summed E-state index contributed by atoms with van der Waals surface area (Å²) in [6.07, 6.45) is 0.121. The van der Waals surface area contributed by atoms with Crippen molar-refractivity contribution in [1.29, 1.82) is 0 Å². The Balaban J connectivity index is 2.18. The summed E-state index contributed by atoms with van der Waals surface area (Å²) in [6.45, 7) is 1.65. The zero-order chi connectivity index (χ0) is 14.6. The maximum Gasteiger partial charge on any atom is 0.416 e. The van der Waals surface area contributed by atoms with Crippen molar-refractivity contribution >= 4 is 0 Å². The third-order valence-electron chi connectivity index (χ3n) is 3.01. The summed E-state index contributed by atoms with van der Waals surface area (Å²) in [7, 11) is 1.88. The van der Waals surface area contributed by atoms with E-state index in [1.807, 2.05) is 17.8 Å². The third kappa shape index (κ3) is 3.39. The van der Waals surface area contributed by atoms with Crippen molar-refractivity contribution in [3.63, 3.8) is 0 Å². The Kier molecular flexibility index (Phi) is 4.44. The van der Waals surface area contributed by atoms with Crippen LogP contribution in [0, 0.1) is 0 Å². The Morgan fingerprint density at radius 3 is 2.50 bits per heavy atom. The van der Waals surface area contributed by atoms with Crippen LogP contribution in [0.5, 0.6) is 0 Å². The number of aromatic nitrogens is 2. The maximum atomic E-state index is 12.5. The van der Waals surface area contributed by atoms with Crippen LogP contribution in [0.15, 0.2) is 36.7 Å². The Bertz CT molecular complexity index is 544. The lowest BCUT2D eigenvalue weighted by Gasteiger charge is -2.10. The number of nitrogens with one attached hydrogen (secondary N) is 1. The SMILES string of the molecule is CNCCCn1ccnc1-c1ccc(C(F)(F)F)cc1. The lowest BCUT2D eigenvalue weighted by Crippen LogP contribution is -2.11. The molecule has 108 valence electrons. The molecule has 0 saturated carbocycles. The molecule has 1 aromatic heterocycles. The molecule has 2 rings (SSSR count). The van der Waals surface area contributed by atoms with E-state index in [-0.39, 0.29) is 0 Å². The van der Waals surface area contributed by atoms with Gasteiger partial charge in [-0.3, -0.25) is 0 Å². The van der Waals surface area contributed by atoms with Crippen LogP contribution < -0.4 is 5.32 Å². The van der Waals surface area contributed by atoms with Gasteiger partial charge in [-0.1, -0.05) is 12.1 Å². The highest BCUT2D eigenvalue weighted by atomic mass is 19.4. The molecule has 1 heterocycles. The van der Waals surface area contributed by atoms with Gasteiger partial charge in [0.25, 0.3) is 0 Å². The summed E-state index contributed by atoms with van der Waals surface area (Å²) < 4.78 is 39.5. The molecule has 0 atom stereocenters. The lowest BCUT2D eigenvalue weighted by atomic mass is 10.1. The molecule has 20 heavy (non-hydrogen) atoms. The topological polar surface area (TPSA) is 29.9 Å². The van der Waals surface area contributed by atoms with E-state index in [9.17, 15) is 13.2 Å². The largest absolute Gasteiger partial charge is 0.416 e. The molecule has 0 aliphatic rings. The van der Waals surface area contributed by atoms with Gasteiger partial charge < -0.3 is 9.88 Å². The van der Waals surface area contributed by atoms with E-state index in [0.717, 1.165) is 31.6 Å². The van der Waals surface area contributed by atoms with Gasteiger partial charge in [0, 0.05) is 24.5 Å². The van der Waals surface area contributed by atoms with E-state index in [4.69, 9.17) is 0 Å². The highest BCUT2D eigenvalue weighted by molar-refractivity contribution is 5.56. The van der Waals surface area contributed by atoms with Crippen molar-refractivity contribution in [3.8, 4) is 11.4 Å². The molecule has 2 aromatic rings. The van der Waals surface area contributed by atoms with Crippen LogP contribution in [0.4, 0.5) is 13.2 Å². The van der Waals surface area contributed by atoms with E-state index in [1.165, 1.54) is 12.1 Å². The van der Waals surface area contributed by atoms with Gasteiger partial charge in [-0.05, 0) is 32.1 Å². The minimum absolute atomic E-state index is 0.644. The molecular formula is C14H16F3N3. The molecule has 0 spiro atoms. The fourth-order valence-corrected chi connectivity index (χ4v) is 1.98. The van der Waals surface area contributed by atoms with Crippen molar-refractivity contribution < 1.29 is 13.2 Å². The smallest absolute Gasteiger partial charge is 0.331 e. The standard InChI is InChI=1S/C14H16F3N3/c1-18-7-2-9-20-10-8-19-13(20)11-3-5-12(6-4-11)14(15,16)17/h3-6,8,10,18H,2,7,9H2,1H3. The van der Waals surface area contributed by atoms with Crippen LogP contribution in [0.2, 0.25) is 0 Å². The molecule has 0 bridgehead atoms. The van der Waals surface area contributed by atoms with Crippen LogP contribution in [-0.4, -0.2) is 23.1 Å². The van der Waals surface area contributed by atoms with Crippen LogP contribution in [-0.2, 0) is 12.7 Å². The minimum Gasteiger partial charge on any atom is -0.331 e. The molecule has 6 heteroatoms. The second kappa shape index (κ2) is 6.09. The number of hydrogen-bond acceptors (Lipinski definition) is 2. The van der Waals surface area contributed by atoms with Gasteiger partial charge >= 0.3 is 6.18 Å². The average Bonchev–Trinajstić information content (AvgIpc) is 2.87. The van der Waals surface area contributed by atoms with Gasteiger partial charge in [-0.15, -0.1) is 0 Å². The summed E-state index contributed by atoms with van der Waals surface area (Å²) in [4.78, 5) is 4.22. The summed E-state index contributed by atoms with van der Waals surface area (Å²) in [5.41, 5.74) is 0.0435. The molecule has 0 amide bonds. The number of halogens is 3. The predicted octanol–water partition coefficient (Wildman–Crippen LogP) is 3.18. The molecule has 1 N–H and O–H groups in total. The first-order chi connectivity index (χ1) is 9.52. The van der Waals surface area contributed by atoms with E-state index >= 15 is 0 Å². The monoisotopic (exact) mass is 283 g/mol. The third-order valence-corrected chi connectivity index (χ3v) is 3.01. The van der Waals surface area contributed by atoms with E-state index in [1.54, 1.807) is 6.20 Å². The van der Waals surface area contributed by atoms with Gasteiger partial charge in [-0.25, -0.2) is 4.98 Å². The Labute approximate surface area is 115 Å². The minimum atomic E-state index is -4.30. The number of rotatable bonds is 5. The highest BCUT2D eigenvalue weighted by Gasteiger charge is 2.30. The molecule has 1 aromatic carbocycles.